The summed E-state index contributed by atoms with van der Waals surface area (Å²) in [5.41, 5.74) is 3.49. The molecule has 1 aliphatic rings. The third-order valence-corrected chi connectivity index (χ3v) is 4.15. The van der Waals surface area contributed by atoms with Crippen LogP contribution in [0.25, 0.3) is 0 Å². The second-order valence-electron chi connectivity index (χ2n) is 5.96. The minimum atomic E-state index is -0.00562. The van der Waals surface area contributed by atoms with Gasteiger partial charge in [-0.05, 0) is 24.1 Å². The fourth-order valence-electron chi connectivity index (χ4n) is 3.02. The lowest BCUT2D eigenvalue weighted by Crippen LogP contribution is -2.35. The molecule has 0 radical (unpaired) electrons. The molecular weight excluding hydrogens is 288 g/mol. The van der Waals surface area contributed by atoms with Gasteiger partial charge in [-0.2, -0.15) is 5.26 Å². The van der Waals surface area contributed by atoms with Crippen molar-refractivity contribution in [3.8, 4) is 6.07 Å². The fraction of sp³-hybridized carbons (Fsp3) is 0.389. The minimum absolute atomic E-state index is 0.00562. The number of benzene rings is 1. The molecule has 0 aliphatic carbocycles. The maximum Gasteiger partial charge on any atom is 0.255 e. The predicted octanol–water partition coefficient (Wildman–Crippen LogP) is 2.15. The average Bonchev–Trinajstić information content (AvgIpc) is 2.56. The zero-order valence-electron chi connectivity index (χ0n) is 13.3. The Labute approximate surface area is 135 Å². The van der Waals surface area contributed by atoms with Crippen LogP contribution in [-0.2, 0) is 25.9 Å². The standard InChI is InChI=1S/C18H20N4O/c1-2-4-17-20-16-7-8-22(12-15(16)18(23)21-17)11-14-6-3-5-13(9-14)10-19/h3,5-6,9H,2,4,7-8,11-12H2,1H3,(H,20,21,23). The van der Waals surface area contributed by atoms with E-state index in [9.17, 15) is 4.79 Å². The molecule has 118 valence electrons. The largest absolute Gasteiger partial charge is 0.310 e. The molecule has 5 heteroatoms. The van der Waals surface area contributed by atoms with E-state index in [1.165, 1.54) is 0 Å². The quantitative estimate of drug-likeness (QED) is 0.939. The lowest BCUT2D eigenvalue weighted by Gasteiger charge is -2.27. The SMILES string of the molecule is CCCc1nc2c(c(=O)[nH]1)CN(Cc1cccc(C#N)c1)CC2. The Morgan fingerprint density at radius 3 is 3.09 bits per heavy atom. The smallest absolute Gasteiger partial charge is 0.255 e. The molecular formula is C18H20N4O. The number of fused-ring (bicyclic) bond motifs is 1. The molecule has 0 amide bonds. The molecule has 0 saturated carbocycles. The highest BCUT2D eigenvalue weighted by atomic mass is 16.1. The van der Waals surface area contributed by atoms with E-state index < -0.39 is 0 Å². The number of nitrogens with zero attached hydrogens (tertiary/aromatic N) is 3. The summed E-state index contributed by atoms with van der Waals surface area (Å²) in [6.07, 6.45) is 2.59. The van der Waals surface area contributed by atoms with Crippen LogP contribution in [0.3, 0.4) is 0 Å². The van der Waals surface area contributed by atoms with Gasteiger partial charge in [-0.15, -0.1) is 0 Å². The molecule has 0 saturated heterocycles. The third-order valence-electron chi connectivity index (χ3n) is 4.15. The Balaban J connectivity index is 1.77. The van der Waals surface area contributed by atoms with Crippen LogP contribution in [0.2, 0.25) is 0 Å². The Hall–Kier alpha value is -2.45. The van der Waals surface area contributed by atoms with Crippen molar-refractivity contribution >= 4 is 0 Å². The number of aryl methyl sites for hydroxylation is 1. The van der Waals surface area contributed by atoms with Crippen LogP contribution in [0.4, 0.5) is 0 Å². The molecule has 1 N–H and O–H groups in total. The van der Waals surface area contributed by atoms with Gasteiger partial charge in [-0.25, -0.2) is 4.98 Å². The average molecular weight is 308 g/mol. The van der Waals surface area contributed by atoms with Gasteiger partial charge in [0.2, 0.25) is 0 Å². The van der Waals surface area contributed by atoms with Gasteiger partial charge in [0.15, 0.2) is 0 Å². The lowest BCUT2D eigenvalue weighted by atomic mass is 10.0. The molecule has 5 nitrogen and oxygen atoms in total. The van der Waals surface area contributed by atoms with Crippen molar-refractivity contribution in [2.75, 3.05) is 6.54 Å². The Bertz CT molecular complexity index is 803. The number of nitrogens with one attached hydrogen (secondary N) is 1. The van der Waals surface area contributed by atoms with Crippen molar-refractivity contribution in [2.45, 2.75) is 39.3 Å². The van der Waals surface area contributed by atoms with E-state index in [-0.39, 0.29) is 5.56 Å². The van der Waals surface area contributed by atoms with Crippen LogP contribution in [0.1, 0.15) is 41.6 Å². The summed E-state index contributed by atoms with van der Waals surface area (Å²) in [6.45, 7) is 4.31. The number of nitriles is 1. The van der Waals surface area contributed by atoms with Gasteiger partial charge >= 0.3 is 0 Å². The number of hydrogen-bond acceptors (Lipinski definition) is 4. The van der Waals surface area contributed by atoms with Crippen LogP contribution in [-0.4, -0.2) is 21.4 Å². The van der Waals surface area contributed by atoms with Crippen molar-refractivity contribution in [3.05, 3.63) is 62.8 Å². The number of H-pyrrole nitrogens is 1. The first-order valence-electron chi connectivity index (χ1n) is 8.02. The van der Waals surface area contributed by atoms with Crippen LogP contribution in [0, 0.1) is 11.3 Å². The second kappa shape index (κ2) is 6.76. The van der Waals surface area contributed by atoms with Gasteiger partial charge in [0.1, 0.15) is 5.82 Å². The van der Waals surface area contributed by atoms with Crippen LogP contribution in [0.5, 0.6) is 0 Å². The molecule has 3 rings (SSSR count). The van der Waals surface area contributed by atoms with Crippen LogP contribution in [0.15, 0.2) is 29.1 Å². The first-order chi connectivity index (χ1) is 11.2. The number of rotatable bonds is 4. The zero-order chi connectivity index (χ0) is 16.2. The van der Waals surface area contributed by atoms with Crippen molar-refractivity contribution < 1.29 is 0 Å². The highest BCUT2D eigenvalue weighted by Gasteiger charge is 2.21. The maximum absolute atomic E-state index is 12.3. The van der Waals surface area contributed by atoms with Crippen molar-refractivity contribution in [1.29, 1.82) is 5.26 Å². The van der Waals surface area contributed by atoms with Gasteiger partial charge in [0.25, 0.3) is 5.56 Å². The molecule has 2 aromatic rings. The fourth-order valence-corrected chi connectivity index (χ4v) is 3.02. The summed E-state index contributed by atoms with van der Waals surface area (Å²) in [5, 5.41) is 8.99. The lowest BCUT2D eigenvalue weighted by molar-refractivity contribution is 0.241. The molecule has 0 unspecified atom stereocenters. The van der Waals surface area contributed by atoms with Gasteiger partial charge in [0, 0.05) is 32.5 Å². The van der Waals surface area contributed by atoms with E-state index in [4.69, 9.17) is 5.26 Å². The summed E-state index contributed by atoms with van der Waals surface area (Å²) >= 11 is 0. The first-order valence-corrected chi connectivity index (χ1v) is 8.02. The summed E-state index contributed by atoms with van der Waals surface area (Å²) in [7, 11) is 0. The van der Waals surface area contributed by atoms with Crippen molar-refractivity contribution in [3.63, 3.8) is 0 Å². The summed E-state index contributed by atoms with van der Waals surface area (Å²) in [4.78, 5) is 22.0. The molecule has 2 heterocycles. The molecule has 0 atom stereocenters. The Kier molecular flexibility index (Phi) is 4.54. The monoisotopic (exact) mass is 308 g/mol. The number of hydrogen-bond donors (Lipinski definition) is 1. The van der Waals surface area contributed by atoms with E-state index in [0.717, 1.165) is 55.0 Å². The van der Waals surface area contributed by atoms with E-state index in [1.807, 2.05) is 18.2 Å². The molecule has 1 aliphatic heterocycles. The number of aromatic amines is 1. The molecule has 1 aromatic heterocycles. The van der Waals surface area contributed by atoms with E-state index in [2.05, 4.69) is 27.9 Å². The number of aromatic nitrogens is 2. The van der Waals surface area contributed by atoms with Gasteiger partial charge in [-0.3, -0.25) is 9.69 Å². The first kappa shape index (κ1) is 15.4. The van der Waals surface area contributed by atoms with Crippen LogP contribution >= 0.6 is 0 Å². The maximum atomic E-state index is 12.3. The summed E-state index contributed by atoms with van der Waals surface area (Å²) in [6, 6.07) is 9.79. The van der Waals surface area contributed by atoms with Crippen molar-refractivity contribution in [2.24, 2.45) is 0 Å². The van der Waals surface area contributed by atoms with Crippen LogP contribution < -0.4 is 5.56 Å². The molecule has 1 aromatic carbocycles. The second-order valence-corrected chi connectivity index (χ2v) is 5.96. The summed E-state index contributed by atoms with van der Waals surface area (Å²) < 4.78 is 0. The van der Waals surface area contributed by atoms with E-state index in [0.29, 0.717) is 12.1 Å². The molecule has 0 spiro atoms. The van der Waals surface area contributed by atoms with Gasteiger partial charge in [0.05, 0.1) is 22.9 Å². The summed E-state index contributed by atoms with van der Waals surface area (Å²) in [5.74, 6) is 0.798. The van der Waals surface area contributed by atoms with Gasteiger partial charge in [-0.1, -0.05) is 19.1 Å². The molecule has 23 heavy (non-hydrogen) atoms. The molecule has 0 bridgehead atoms. The molecule has 0 fully saturated rings. The third kappa shape index (κ3) is 3.49. The predicted molar refractivity (Wildman–Crippen MR) is 87.8 cm³/mol. The van der Waals surface area contributed by atoms with Gasteiger partial charge < -0.3 is 4.98 Å². The normalized spacial score (nSPS) is 14.3. The van der Waals surface area contributed by atoms with Crippen molar-refractivity contribution in [1.82, 2.24) is 14.9 Å². The Morgan fingerprint density at radius 1 is 1.43 bits per heavy atom. The Morgan fingerprint density at radius 2 is 2.30 bits per heavy atom. The minimum Gasteiger partial charge on any atom is -0.310 e. The topological polar surface area (TPSA) is 72.8 Å². The zero-order valence-corrected chi connectivity index (χ0v) is 13.3. The highest BCUT2D eigenvalue weighted by Crippen LogP contribution is 2.17. The van der Waals surface area contributed by atoms with E-state index in [1.54, 1.807) is 6.07 Å². The van der Waals surface area contributed by atoms with E-state index >= 15 is 0 Å². The highest BCUT2D eigenvalue weighted by molar-refractivity contribution is 5.33.